The first-order valence-corrected chi connectivity index (χ1v) is 5.59. The van der Waals surface area contributed by atoms with Crippen LogP contribution >= 0.6 is 11.6 Å². The summed E-state index contributed by atoms with van der Waals surface area (Å²) in [5, 5.41) is 3.16. The number of carbonyl (C=O) groups is 1. The van der Waals surface area contributed by atoms with Crippen LogP contribution in [0, 0.1) is 5.82 Å². The molecule has 18 heavy (non-hydrogen) atoms. The molecule has 0 spiro atoms. The highest BCUT2D eigenvalue weighted by Gasteiger charge is 2.21. The molecule has 3 rings (SSSR count). The van der Waals surface area contributed by atoms with Crippen LogP contribution in [0.4, 0.5) is 10.1 Å². The monoisotopic (exact) mass is 263 g/mol. The van der Waals surface area contributed by atoms with E-state index in [1.165, 1.54) is 18.2 Å². The SMILES string of the molecule is O=C1Nc2ccc(Cl)cc2Oc2cc(F)ccc21. The zero-order chi connectivity index (χ0) is 12.7. The Labute approximate surface area is 107 Å². The zero-order valence-electron chi connectivity index (χ0n) is 9.04. The van der Waals surface area contributed by atoms with Crippen LogP contribution in [-0.2, 0) is 0 Å². The topological polar surface area (TPSA) is 38.3 Å². The standard InChI is InChI=1S/C13H7ClFNO2/c14-7-1-4-10-12(5-7)18-11-6-8(15)2-3-9(11)13(17)16-10/h1-6H,(H,16,17). The molecule has 1 aliphatic heterocycles. The van der Waals surface area contributed by atoms with Crippen molar-refractivity contribution >= 4 is 23.2 Å². The van der Waals surface area contributed by atoms with Crippen LogP contribution in [0.3, 0.4) is 0 Å². The predicted molar refractivity (Wildman–Crippen MR) is 65.9 cm³/mol. The molecule has 1 aliphatic rings. The fraction of sp³-hybridized carbons (Fsp3) is 0. The van der Waals surface area contributed by atoms with Gasteiger partial charge in [0.05, 0.1) is 11.3 Å². The maximum atomic E-state index is 13.2. The zero-order valence-corrected chi connectivity index (χ0v) is 9.79. The highest BCUT2D eigenvalue weighted by atomic mass is 35.5. The Morgan fingerprint density at radius 1 is 1.11 bits per heavy atom. The Kier molecular flexibility index (Phi) is 2.45. The second-order valence-corrected chi connectivity index (χ2v) is 4.27. The summed E-state index contributed by atoms with van der Waals surface area (Å²) in [5.41, 5.74) is 0.782. The lowest BCUT2D eigenvalue weighted by Gasteiger charge is -2.07. The molecule has 0 saturated carbocycles. The number of hydrogen-bond acceptors (Lipinski definition) is 2. The number of halogens is 2. The van der Waals surface area contributed by atoms with E-state index in [4.69, 9.17) is 16.3 Å². The molecule has 0 fully saturated rings. The van der Waals surface area contributed by atoms with Crippen LogP contribution in [0.15, 0.2) is 36.4 Å². The van der Waals surface area contributed by atoms with Gasteiger partial charge in [0.2, 0.25) is 0 Å². The Morgan fingerprint density at radius 3 is 2.78 bits per heavy atom. The van der Waals surface area contributed by atoms with Crippen molar-refractivity contribution in [2.24, 2.45) is 0 Å². The van der Waals surface area contributed by atoms with E-state index in [-0.39, 0.29) is 17.2 Å². The Bertz CT molecular complexity index is 657. The molecular weight excluding hydrogens is 257 g/mol. The van der Waals surface area contributed by atoms with E-state index in [9.17, 15) is 9.18 Å². The average molecular weight is 264 g/mol. The fourth-order valence-corrected chi connectivity index (χ4v) is 1.92. The molecule has 5 heteroatoms. The Balaban J connectivity index is 2.18. The van der Waals surface area contributed by atoms with Gasteiger partial charge < -0.3 is 10.1 Å². The lowest BCUT2D eigenvalue weighted by Crippen LogP contribution is -2.10. The van der Waals surface area contributed by atoms with E-state index in [0.717, 1.165) is 0 Å². The third kappa shape index (κ3) is 1.80. The molecule has 0 aliphatic carbocycles. The molecule has 0 aromatic heterocycles. The second kappa shape index (κ2) is 3.99. The lowest BCUT2D eigenvalue weighted by atomic mass is 10.2. The van der Waals surface area contributed by atoms with E-state index >= 15 is 0 Å². The molecule has 2 aromatic rings. The number of amides is 1. The van der Waals surface area contributed by atoms with Crippen molar-refractivity contribution in [1.29, 1.82) is 0 Å². The molecule has 2 aromatic carbocycles. The van der Waals surface area contributed by atoms with Crippen molar-refractivity contribution in [2.45, 2.75) is 0 Å². The fourth-order valence-electron chi connectivity index (χ4n) is 1.76. The van der Waals surface area contributed by atoms with Crippen molar-refractivity contribution in [3.05, 3.63) is 52.8 Å². The summed E-state index contributed by atoms with van der Waals surface area (Å²) in [5.74, 6) is -0.244. The van der Waals surface area contributed by atoms with E-state index < -0.39 is 5.82 Å². The van der Waals surface area contributed by atoms with Gasteiger partial charge in [0.25, 0.3) is 5.91 Å². The number of carbonyl (C=O) groups excluding carboxylic acids is 1. The van der Waals surface area contributed by atoms with Gasteiger partial charge in [-0.25, -0.2) is 4.39 Å². The highest BCUT2D eigenvalue weighted by Crippen LogP contribution is 2.37. The van der Waals surface area contributed by atoms with Gasteiger partial charge in [-0.2, -0.15) is 0 Å². The minimum absolute atomic E-state index is 0.175. The maximum Gasteiger partial charge on any atom is 0.259 e. The summed E-state index contributed by atoms with van der Waals surface area (Å²) in [6.45, 7) is 0. The number of ether oxygens (including phenoxy) is 1. The van der Waals surface area contributed by atoms with Gasteiger partial charge >= 0.3 is 0 Å². The van der Waals surface area contributed by atoms with Gasteiger partial charge in [0.15, 0.2) is 5.75 Å². The lowest BCUT2D eigenvalue weighted by molar-refractivity contribution is 0.102. The average Bonchev–Trinajstić information content (AvgIpc) is 2.44. The second-order valence-electron chi connectivity index (χ2n) is 3.84. The molecular formula is C13H7ClFNO2. The van der Waals surface area contributed by atoms with Crippen LogP contribution in [0.5, 0.6) is 11.5 Å². The number of fused-ring (bicyclic) bond motifs is 2. The molecule has 1 amide bonds. The summed E-state index contributed by atoms with van der Waals surface area (Å²) in [6, 6.07) is 8.61. The van der Waals surface area contributed by atoms with Crippen molar-refractivity contribution < 1.29 is 13.9 Å². The summed E-state index contributed by atoms with van der Waals surface area (Å²) >= 11 is 5.86. The largest absolute Gasteiger partial charge is 0.454 e. The van der Waals surface area contributed by atoms with Crippen molar-refractivity contribution in [3.8, 4) is 11.5 Å². The Morgan fingerprint density at radius 2 is 1.94 bits per heavy atom. The summed E-state index contributed by atoms with van der Waals surface area (Å²) < 4.78 is 18.7. The molecule has 0 saturated heterocycles. The predicted octanol–water partition coefficient (Wildman–Crippen LogP) is 3.84. The van der Waals surface area contributed by atoms with Crippen molar-refractivity contribution in [3.63, 3.8) is 0 Å². The van der Waals surface area contributed by atoms with E-state index in [1.807, 2.05) is 0 Å². The van der Waals surface area contributed by atoms with Gasteiger partial charge in [0.1, 0.15) is 11.6 Å². The number of hydrogen-bond donors (Lipinski definition) is 1. The molecule has 90 valence electrons. The molecule has 1 N–H and O–H groups in total. The number of rotatable bonds is 0. The number of benzene rings is 2. The first-order valence-electron chi connectivity index (χ1n) is 5.22. The molecule has 3 nitrogen and oxygen atoms in total. The first-order chi connectivity index (χ1) is 8.63. The molecule has 1 heterocycles. The molecule has 0 bridgehead atoms. The van der Waals surface area contributed by atoms with Gasteiger partial charge in [0, 0.05) is 17.2 Å². The van der Waals surface area contributed by atoms with Crippen LogP contribution in [0.2, 0.25) is 5.02 Å². The van der Waals surface area contributed by atoms with Gasteiger partial charge in [-0.05, 0) is 24.3 Å². The third-order valence-electron chi connectivity index (χ3n) is 2.60. The van der Waals surface area contributed by atoms with Gasteiger partial charge in [-0.15, -0.1) is 0 Å². The third-order valence-corrected chi connectivity index (χ3v) is 2.84. The van der Waals surface area contributed by atoms with Crippen LogP contribution < -0.4 is 10.1 Å². The summed E-state index contributed by atoms with van der Waals surface area (Å²) in [7, 11) is 0. The Hall–Kier alpha value is -2.07. The van der Waals surface area contributed by atoms with Gasteiger partial charge in [-0.1, -0.05) is 11.6 Å². The normalized spacial score (nSPS) is 12.9. The van der Waals surface area contributed by atoms with Crippen LogP contribution in [-0.4, -0.2) is 5.91 Å². The van der Waals surface area contributed by atoms with Gasteiger partial charge in [-0.3, -0.25) is 4.79 Å². The summed E-state index contributed by atoms with van der Waals surface area (Å²) in [4.78, 5) is 11.9. The van der Waals surface area contributed by atoms with Crippen LogP contribution in [0.25, 0.3) is 0 Å². The van der Waals surface area contributed by atoms with Crippen molar-refractivity contribution in [1.82, 2.24) is 0 Å². The van der Waals surface area contributed by atoms with Crippen LogP contribution in [0.1, 0.15) is 10.4 Å². The minimum atomic E-state index is -0.466. The number of nitrogens with one attached hydrogen (secondary N) is 1. The molecule has 0 radical (unpaired) electrons. The number of anilines is 1. The summed E-state index contributed by atoms with van der Waals surface area (Å²) in [6.07, 6.45) is 0. The van der Waals surface area contributed by atoms with E-state index in [1.54, 1.807) is 18.2 Å². The smallest absolute Gasteiger partial charge is 0.259 e. The highest BCUT2D eigenvalue weighted by molar-refractivity contribution is 6.30. The maximum absolute atomic E-state index is 13.2. The quantitative estimate of drug-likeness (QED) is 0.784. The van der Waals surface area contributed by atoms with E-state index in [0.29, 0.717) is 16.5 Å². The molecule has 0 unspecified atom stereocenters. The molecule has 0 atom stereocenters. The van der Waals surface area contributed by atoms with E-state index in [2.05, 4.69) is 5.32 Å². The first kappa shape index (κ1) is 11.0. The minimum Gasteiger partial charge on any atom is -0.454 e. The van der Waals surface area contributed by atoms with Crippen molar-refractivity contribution in [2.75, 3.05) is 5.32 Å².